The van der Waals surface area contributed by atoms with Crippen LogP contribution in [0.25, 0.3) is 0 Å². The van der Waals surface area contributed by atoms with Crippen molar-refractivity contribution < 1.29 is 4.92 Å². The van der Waals surface area contributed by atoms with Gasteiger partial charge in [0, 0.05) is 18.2 Å². The highest BCUT2D eigenvalue weighted by Gasteiger charge is 2.06. The van der Waals surface area contributed by atoms with E-state index in [0.717, 1.165) is 0 Å². The molecule has 92 valence electrons. The average Bonchev–Trinajstić information content (AvgIpc) is 2.33. The zero-order valence-corrected chi connectivity index (χ0v) is 9.87. The van der Waals surface area contributed by atoms with Crippen molar-refractivity contribution in [2.75, 3.05) is 0 Å². The van der Waals surface area contributed by atoms with Gasteiger partial charge in [-0.25, -0.2) is 4.98 Å². The third-order valence-corrected chi connectivity index (χ3v) is 2.53. The molecule has 0 atom stereocenters. The molecular formula is C11H8ClN3O3. The number of nitro benzene ring substituents is 1. The van der Waals surface area contributed by atoms with Crippen molar-refractivity contribution in [1.29, 1.82) is 0 Å². The van der Waals surface area contributed by atoms with Gasteiger partial charge in [-0.2, -0.15) is 0 Å². The number of halogens is 1. The van der Waals surface area contributed by atoms with E-state index in [1.54, 1.807) is 12.1 Å². The third-order valence-electron chi connectivity index (χ3n) is 2.32. The lowest BCUT2D eigenvalue weighted by Crippen LogP contribution is -2.19. The Morgan fingerprint density at radius 2 is 2.17 bits per heavy atom. The van der Waals surface area contributed by atoms with Crippen molar-refractivity contribution in [2.45, 2.75) is 6.54 Å². The number of benzene rings is 1. The van der Waals surface area contributed by atoms with E-state index in [0.29, 0.717) is 5.56 Å². The summed E-state index contributed by atoms with van der Waals surface area (Å²) in [6.07, 6.45) is 1.31. The summed E-state index contributed by atoms with van der Waals surface area (Å²) in [4.78, 5) is 25.5. The largest absolute Gasteiger partial charge is 0.295 e. The molecule has 0 spiro atoms. The molecule has 0 amide bonds. The molecule has 2 rings (SSSR count). The highest BCUT2D eigenvalue weighted by atomic mass is 35.5. The molecule has 0 saturated carbocycles. The second-order valence-electron chi connectivity index (χ2n) is 3.60. The summed E-state index contributed by atoms with van der Waals surface area (Å²) >= 11 is 5.57. The Kier molecular flexibility index (Phi) is 3.38. The van der Waals surface area contributed by atoms with E-state index in [4.69, 9.17) is 11.6 Å². The maximum absolute atomic E-state index is 11.6. The standard InChI is InChI=1S/C11H8ClN3O3/c12-10-5-11(16)14(7-13-10)6-8-2-1-3-9(4-8)15(17)18/h1-5,7H,6H2. The van der Waals surface area contributed by atoms with E-state index in [1.807, 2.05) is 0 Å². The monoisotopic (exact) mass is 265 g/mol. The number of aromatic nitrogens is 2. The molecule has 1 aromatic carbocycles. The molecule has 6 nitrogen and oxygen atoms in total. The van der Waals surface area contributed by atoms with Gasteiger partial charge in [-0.3, -0.25) is 19.5 Å². The lowest BCUT2D eigenvalue weighted by atomic mass is 10.2. The molecule has 0 saturated heterocycles. The maximum atomic E-state index is 11.6. The highest BCUT2D eigenvalue weighted by molar-refractivity contribution is 6.29. The molecule has 0 unspecified atom stereocenters. The van der Waals surface area contributed by atoms with Crippen LogP contribution in [-0.4, -0.2) is 14.5 Å². The Bertz CT molecular complexity index is 654. The van der Waals surface area contributed by atoms with Crippen LogP contribution >= 0.6 is 11.6 Å². The second kappa shape index (κ2) is 4.97. The first-order valence-electron chi connectivity index (χ1n) is 5.01. The van der Waals surface area contributed by atoms with Crippen molar-refractivity contribution >= 4 is 17.3 Å². The molecule has 1 heterocycles. The van der Waals surface area contributed by atoms with Gasteiger partial charge in [-0.15, -0.1) is 0 Å². The van der Waals surface area contributed by atoms with Gasteiger partial charge in [-0.1, -0.05) is 23.7 Å². The number of nitrogens with zero attached hydrogens (tertiary/aromatic N) is 3. The zero-order chi connectivity index (χ0) is 13.1. The summed E-state index contributed by atoms with van der Waals surface area (Å²) < 4.78 is 1.32. The smallest absolute Gasteiger partial charge is 0.269 e. The molecule has 7 heteroatoms. The van der Waals surface area contributed by atoms with Crippen LogP contribution in [0.5, 0.6) is 0 Å². The quantitative estimate of drug-likeness (QED) is 0.482. The van der Waals surface area contributed by atoms with E-state index < -0.39 is 4.92 Å². The van der Waals surface area contributed by atoms with E-state index >= 15 is 0 Å². The maximum Gasteiger partial charge on any atom is 0.269 e. The van der Waals surface area contributed by atoms with Gasteiger partial charge < -0.3 is 0 Å². The highest BCUT2D eigenvalue weighted by Crippen LogP contribution is 2.13. The fourth-order valence-corrected chi connectivity index (χ4v) is 1.62. The number of hydrogen-bond donors (Lipinski definition) is 0. The molecular weight excluding hydrogens is 258 g/mol. The SMILES string of the molecule is O=c1cc(Cl)ncn1Cc1cccc([N+](=O)[O-])c1. The second-order valence-corrected chi connectivity index (χ2v) is 3.99. The Hall–Kier alpha value is -2.21. The summed E-state index contributed by atoms with van der Waals surface area (Å²) in [6, 6.07) is 7.28. The van der Waals surface area contributed by atoms with Crippen molar-refractivity contribution in [2.24, 2.45) is 0 Å². The lowest BCUT2D eigenvalue weighted by Gasteiger charge is -2.04. The number of hydrogen-bond acceptors (Lipinski definition) is 4. The van der Waals surface area contributed by atoms with Crippen LogP contribution in [0.2, 0.25) is 5.15 Å². The van der Waals surface area contributed by atoms with Crippen molar-refractivity contribution in [3.05, 3.63) is 67.8 Å². The van der Waals surface area contributed by atoms with Gasteiger partial charge in [0.15, 0.2) is 0 Å². The van der Waals surface area contributed by atoms with Gasteiger partial charge in [-0.05, 0) is 5.56 Å². The minimum Gasteiger partial charge on any atom is -0.295 e. The van der Waals surface area contributed by atoms with Gasteiger partial charge >= 0.3 is 0 Å². The predicted molar refractivity (Wildman–Crippen MR) is 65.7 cm³/mol. The van der Waals surface area contributed by atoms with Crippen LogP contribution in [0, 0.1) is 10.1 Å². The summed E-state index contributed by atoms with van der Waals surface area (Å²) in [5.41, 5.74) is 0.333. The van der Waals surface area contributed by atoms with Crippen LogP contribution in [0.15, 0.2) is 41.5 Å². The number of nitro groups is 1. The molecule has 0 radical (unpaired) electrons. The average molecular weight is 266 g/mol. The summed E-state index contributed by atoms with van der Waals surface area (Å²) in [7, 11) is 0. The van der Waals surface area contributed by atoms with Crippen molar-refractivity contribution in [3.63, 3.8) is 0 Å². The molecule has 0 bridgehead atoms. The Labute approximate surface area is 107 Å². The van der Waals surface area contributed by atoms with Gasteiger partial charge in [0.1, 0.15) is 5.15 Å². The topological polar surface area (TPSA) is 78.0 Å². The van der Waals surface area contributed by atoms with Gasteiger partial charge in [0.25, 0.3) is 11.2 Å². The van der Waals surface area contributed by atoms with Gasteiger partial charge in [0.2, 0.25) is 0 Å². The van der Waals surface area contributed by atoms with E-state index in [1.165, 1.54) is 29.1 Å². The number of non-ortho nitro benzene ring substituents is 1. The molecule has 2 aromatic rings. The first-order chi connectivity index (χ1) is 8.56. The molecule has 0 N–H and O–H groups in total. The van der Waals surface area contributed by atoms with Crippen LogP contribution in [0.3, 0.4) is 0 Å². The Balaban J connectivity index is 2.31. The Morgan fingerprint density at radius 1 is 1.39 bits per heavy atom. The minimum atomic E-state index is -0.480. The van der Waals surface area contributed by atoms with Crippen LogP contribution in [-0.2, 0) is 6.54 Å². The summed E-state index contributed by atoms with van der Waals surface area (Å²) in [6.45, 7) is 0.213. The zero-order valence-electron chi connectivity index (χ0n) is 9.12. The fraction of sp³-hybridized carbons (Fsp3) is 0.0909. The molecule has 18 heavy (non-hydrogen) atoms. The van der Waals surface area contributed by atoms with Crippen molar-refractivity contribution in [3.8, 4) is 0 Å². The first-order valence-corrected chi connectivity index (χ1v) is 5.39. The molecule has 0 aliphatic rings. The summed E-state index contributed by atoms with van der Waals surface area (Å²) in [5, 5.41) is 10.7. The molecule has 0 fully saturated rings. The van der Waals surface area contributed by atoms with E-state index in [-0.39, 0.29) is 22.9 Å². The van der Waals surface area contributed by atoms with E-state index in [9.17, 15) is 14.9 Å². The van der Waals surface area contributed by atoms with Crippen LogP contribution < -0.4 is 5.56 Å². The fourth-order valence-electron chi connectivity index (χ4n) is 1.49. The normalized spacial score (nSPS) is 10.3. The molecule has 1 aromatic heterocycles. The van der Waals surface area contributed by atoms with E-state index in [2.05, 4.69) is 4.98 Å². The molecule has 0 aliphatic heterocycles. The lowest BCUT2D eigenvalue weighted by molar-refractivity contribution is -0.384. The van der Waals surface area contributed by atoms with Gasteiger partial charge in [0.05, 0.1) is 17.8 Å². The molecule has 0 aliphatic carbocycles. The first kappa shape index (κ1) is 12.3. The summed E-state index contributed by atoms with van der Waals surface area (Å²) in [5.74, 6) is 0. The minimum absolute atomic E-state index is 0.0116. The van der Waals surface area contributed by atoms with Crippen molar-refractivity contribution in [1.82, 2.24) is 9.55 Å². The Morgan fingerprint density at radius 3 is 2.83 bits per heavy atom. The third kappa shape index (κ3) is 2.72. The predicted octanol–water partition coefficient (Wildman–Crippen LogP) is 1.85. The van der Waals surface area contributed by atoms with Crippen LogP contribution in [0.1, 0.15) is 5.56 Å². The van der Waals surface area contributed by atoms with Crippen LogP contribution in [0.4, 0.5) is 5.69 Å². The number of rotatable bonds is 3.